The van der Waals surface area contributed by atoms with E-state index in [1.54, 1.807) is 0 Å². The predicted octanol–water partition coefficient (Wildman–Crippen LogP) is 5.92. The van der Waals surface area contributed by atoms with Gasteiger partial charge < -0.3 is 0 Å². The Morgan fingerprint density at radius 3 is 2.20 bits per heavy atom. The van der Waals surface area contributed by atoms with Gasteiger partial charge in [0, 0.05) is 10.4 Å². The molecule has 3 rings (SSSR count). The van der Waals surface area contributed by atoms with E-state index >= 15 is 0 Å². The molecular weight excluding hydrogens is 308 g/mol. The molecule has 0 saturated heterocycles. The molecule has 0 spiro atoms. The van der Waals surface area contributed by atoms with E-state index in [9.17, 15) is 0 Å². The molecule has 2 aromatic rings. The summed E-state index contributed by atoms with van der Waals surface area (Å²) in [5.41, 5.74) is 9.84. The van der Waals surface area contributed by atoms with Crippen LogP contribution in [0.25, 0.3) is 6.08 Å². The van der Waals surface area contributed by atoms with Gasteiger partial charge in [-0.25, -0.2) is 0 Å². The summed E-state index contributed by atoms with van der Waals surface area (Å²) in [5, 5.41) is 0. The van der Waals surface area contributed by atoms with Gasteiger partial charge in [-0.3, -0.25) is 0 Å². The molecule has 102 valence electrons. The zero-order chi connectivity index (χ0) is 14.4. The van der Waals surface area contributed by atoms with Crippen molar-refractivity contribution in [3.63, 3.8) is 0 Å². The Bertz CT molecular complexity index is 700. The van der Waals surface area contributed by atoms with E-state index < -0.39 is 0 Å². The molecule has 0 bridgehead atoms. The van der Waals surface area contributed by atoms with Gasteiger partial charge in [-0.2, -0.15) is 0 Å². The van der Waals surface area contributed by atoms with E-state index in [-0.39, 0.29) is 0 Å². The summed E-state index contributed by atoms with van der Waals surface area (Å²) in [6.45, 7) is 8.89. The fraction of sp³-hybridized carbons (Fsp3) is 0.263. The van der Waals surface area contributed by atoms with Gasteiger partial charge in [-0.15, -0.1) is 0 Å². The summed E-state index contributed by atoms with van der Waals surface area (Å²) in [6.07, 6.45) is 2.32. The first-order valence-electron chi connectivity index (χ1n) is 7.03. The Hall–Kier alpha value is -1.34. The molecule has 1 heteroatoms. The zero-order valence-corrected chi connectivity index (χ0v) is 14.0. The third-order valence-corrected chi connectivity index (χ3v) is 4.72. The molecule has 0 radical (unpaired) electrons. The first-order chi connectivity index (χ1) is 9.47. The molecule has 1 aliphatic rings. The topological polar surface area (TPSA) is 0 Å². The Kier molecular flexibility index (Phi) is 3.33. The normalized spacial score (nSPS) is 17.1. The summed E-state index contributed by atoms with van der Waals surface area (Å²) < 4.78 is 1.15. The molecule has 1 aliphatic carbocycles. The van der Waals surface area contributed by atoms with Crippen LogP contribution in [0.5, 0.6) is 0 Å². The predicted molar refractivity (Wildman–Crippen MR) is 90.3 cm³/mol. The van der Waals surface area contributed by atoms with Crippen LogP contribution in [0, 0.1) is 20.8 Å². The van der Waals surface area contributed by atoms with E-state index in [4.69, 9.17) is 0 Å². The molecule has 0 aromatic heterocycles. The number of allylic oxidation sites excluding steroid dienone is 1. The second kappa shape index (κ2) is 4.89. The van der Waals surface area contributed by atoms with Crippen molar-refractivity contribution in [2.75, 3.05) is 0 Å². The number of aryl methyl sites for hydroxylation is 3. The van der Waals surface area contributed by atoms with Crippen molar-refractivity contribution in [1.82, 2.24) is 0 Å². The Balaban J connectivity index is 2.21. The van der Waals surface area contributed by atoms with Crippen molar-refractivity contribution in [1.29, 1.82) is 0 Å². The van der Waals surface area contributed by atoms with Crippen LogP contribution in [-0.4, -0.2) is 0 Å². The van der Waals surface area contributed by atoms with E-state index in [1.165, 1.54) is 39.0 Å². The van der Waals surface area contributed by atoms with Gasteiger partial charge in [0.25, 0.3) is 0 Å². The maximum atomic E-state index is 3.57. The smallest absolute Gasteiger partial charge is 0.0310 e. The largest absolute Gasteiger partial charge is 0.0608 e. The quantitative estimate of drug-likeness (QED) is 0.609. The first kappa shape index (κ1) is 13.6. The van der Waals surface area contributed by atoms with Gasteiger partial charge >= 0.3 is 0 Å². The second-order valence-electron chi connectivity index (χ2n) is 5.91. The SMILES string of the molecule is CC1=Cc2cc(Br)ccc2C1c1c(C)cc(C)cc1C. The number of fused-ring (bicyclic) bond motifs is 1. The van der Waals surface area contributed by atoms with Gasteiger partial charge in [-0.05, 0) is 67.6 Å². The van der Waals surface area contributed by atoms with E-state index in [0.29, 0.717) is 5.92 Å². The maximum absolute atomic E-state index is 3.57. The second-order valence-corrected chi connectivity index (χ2v) is 6.82. The standard InChI is InChI=1S/C19H19Br/c1-11-7-12(2)18(13(3)8-11)19-14(4)9-15-10-16(20)5-6-17(15)19/h5-10,19H,1-4H3. The van der Waals surface area contributed by atoms with Crippen molar-refractivity contribution >= 4 is 22.0 Å². The van der Waals surface area contributed by atoms with Gasteiger partial charge in [0.15, 0.2) is 0 Å². The average Bonchev–Trinajstić information content (AvgIpc) is 2.64. The molecule has 0 aliphatic heterocycles. The fourth-order valence-corrected chi connectivity index (χ4v) is 3.92. The Morgan fingerprint density at radius 2 is 1.55 bits per heavy atom. The van der Waals surface area contributed by atoms with Crippen LogP contribution >= 0.6 is 15.9 Å². The third-order valence-electron chi connectivity index (χ3n) is 4.23. The fourth-order valence-electron chi connectivity index (χ4n) is 3.54. The minimum absolute atomic E-state index is 0.415. The van der Waals surface area contributed by atoms with Crippen LogP contribution in [0.4, 0.5) is 0 Å². The maximum Gasteiger partial charge on any atom is 0.0310 e. The Labute approximate surface area is 129 Å². The molecule has 1 atom stereocenters. The molecule has 1 unspecified atom stereocenters. The third kappa shape index (κ3) is 2.14. The van der Waals surface area contributed by atoms with Crippen molar-refractivity contribution in [2.24, 2.45) is 0 Å². The summed E-state index contributed by atoms with van der Waals surface area (Å²) in [7, 11) is 0. The van der Waals surface area contributed by atoms with Crippen molar-refractivity contribution < 1.29 is 0 Å². The molecule has 0 nitrogen and oxygen atoms in total. The summed E-state index contributed by atoms with van der Waals surface area (Å²) in [6, 6.07) is 11.2. The number of halogens is 1. The van der Waals surface area contributed by atoms with Crippen LogP contribution in [0.15, 0.2) is 40.4 Å². The number of hydrogen-bond acceptors (Lipinski definition) is 0. The minimum Gasteiger partial charge on any atom is -0.0608 e. The van der Waals surface area contributed by atoms with E-state index in [2.05, 4.69) is 80.0 Å². The molecule has 20 heavy (non-hydrogen) atoms. The average molecular weight is 327 g/mol. The number of rotatable bonds is 1. The summed E-state index contributed by atoms with van der Waals surface area (Å²) in [4.78, 5) is 0. The number of benzene rings is 2. The summed E-state index contributed by atoms with van der Waals surface area (Å²) in [5.74, 6) is 0.415. The highest BCUT2D eigenvalue weighted by atomic mass is 79.9. The van der Waals surface area contributed by atoms with E-state index in [1.807, 2.05) is 0 Å². The molecule has 2 aromatic carbocycles. The lowest BCUT2D eigenvalue weighted by atomic mass is 9.83. The van der Waals surface area contributed by atoms with Gasteiger partial charge in [0.2, 0.25) is 0 Å². The first-order valence-corrected chi connectivity index (χ1v) is 7.82. The van der Waals surface area contributed by atoms with Gasteiger partial charge in [0.05, 0.1) is 0 Å². The van der Waals surface area contributed by atoms with Crippen molar-refractivity contribution in [3.8, 4) is 0 Å². The van der Waals surface area contributed by atoms with Crippen LogP contribution in [-0.2, 0) is 0 Å². The summed E-state index contributed by atoms with van der Waals surface area (Å²) >= 11 is 3.57. The van der Waals surface area contributed by atoms with Gasteiger partial charge in [0.1, 0.15) is 0 Å². The molecular formula is C19H19Br. The Morgan fingerprint density at radius 1 is 0.900 bits per heavy atom. The van der Waals surface area contributed by atoms with E-state index in [0.717, 1.165) is 4.47 Å². The lowest BCUT2D eigenvalue weighted by Crippen LogP contribution is -2.05. The lowest BCUT2D eigenvalue weighted by Gasteiger charge is -2.21. The minimum atomic E-state index is 0.415. The zero-order valence-electron chi connectivity index (χ0n) is 12.4. The molecule has 0 saturated carbocycles. The van der Waals surface area contributed by atoms with Crippen LogP contribution in [0.2, 0.25) is 0 Å². The highest BCUT2D eigenvalue weighted by molar-refractivity contribution is 9.10. The highest BCUT2D eigenvalue weighted by Gasteiger charge is 2.26. The molecule has 0 amide bonds. The molecule has 0 fully saturated rings. The monoisotopic (exact) mass is 326 g/mol. The lowest BCUT2D eigenvalue weighted by molar-refractivity contribution is 0.944. The van der Waals surface area contributed by atoms with Crippen LogP contribution < -0.4 is 0 Å². The van der Waals surface area contributed by atoms with Gasteiger partial charge in [-0.1, -0.05) is 51.3 Å². The number of hydrogen-bond donors (Lipinski definition) is 0. The molecule has 0 N–H and O–H groups in total. The van der Waals surface area contributed by atoms with Crippen molar-refractivity contribution in [2.45, 2.75) is 33.6 Å². The van der Waals surface area contributed by atoms with Crippen LogP contribution in [0.1, 0.15) is 46.2 Å². The van der Waals surface area contributed by atoms with Crippen molar-refractivity contribution in [3.05, 3.63) is 73.8 Å². The highest BCUT2D eigenvalue weighted by Crippen LogP contribution is 2.43. The van der Waals surface area contributed by atoms with Crippen LogP contribution in [0.3, 0.4) is 0 Å². The molecule has 0 heterocycles.